The molecule has 7 heavy (non-hydrogen) atoms. The van der Waals surface area contributed by atoms with Gasteiger partial charge in [0.25, 0.3) is 0 Å². The largest absolute Gasteiger partial charge is 3.00 e. The van der Waals surface area contributed by atoms with E-state index in [1.807, 2.05) is 0 Å². The van der Waals surface area contributed by atoms with Crippen LogP contribution in [0.2, 0.25) is 0 Å². The molecule has 0 heterocycles. The molecule has 0 aromatic rings. The first kappa shape index (κ1) is 15.9. The smallest absolute Gasteiger partial charge is 0.894 e. The topological polar surface area (TPSA) is 92.2 Å². The summed E-state index contributed by atoms with van der Waals surface area (Å²) in [5, 5.41) is 0. The minimum absolute atomic E-state index is 0. The average Bonchev–Trinajstić information content (AvgIpc) is 0.722. The molecule has 0 unspecified atom stereocenters. The molecule has 38 valence electrons. The van der Waals surface area contributed by atoms with Crippen molar-refractivity contribution in [2.75, 3.05) is 0 Å². The minimum Gasteiger partial charge on any atom is -0.894 e. The van der Waals surface area contributed by atoms with E-state index in [2.05, 4.69) is 0 Å². The fourth-order valence-electron chi connectivity index (χ4n) is 0. The molecular weight excluding hydrogens is 188 g/mol. The van der Waals surface area contributed by atoms with Gasteiger partial charge in [0.1, 0.15) is 0 Å². The van der Waals surface area contributed by atoms with Crippen molar-refractivity contribution in [1.82, 2.24) is 0 Å². The molecule has 0 bridgehead atoms. The Kier molecular flexibility index (Phi) is 13.6. The Morgan fingerprint density at radius 2 is 0.857 bits per heavy atom. The Labute approximate surface area is 82.1 Å². The molecule has 0 rings (SSSR count). The van der Waals surface area contributed by atoms with Crippen molar-refractivity contribution in [1.29, 1.82) is 0 Å². The third-order valence-corrected chi connectivity index (χ3v) is 0. The van der Waals surface area contributed by atoms with Crippen LogP contribution in [0.15, 0.2) is 0 Å². The monoisotopic (exact) mass is 188 g/mol. The van der Waals surface area contributed by atoms with Crippen LogP contribution in [-0.4, -0.2) is 46.8 Å². The first-order chi connectivity index (χ1) is 2.00. The van der Waals surface area contributed by atoms with Gasteiger partial charge in [-0.3, -0.25) is 0 Å². The summed E-state index contributed by atoms with van der Waals surface area (Å²) < 4.78 is 0. The van der Waals surface area contributed by atoms with Gasteiger partial charge in [0.15, 0.2) is 0 Å². The normalized spacial score (nSPS) is 8.57. The molecule has 0 atom stereocenters. The van der Waals surface area contributed by atoms with Gasteiger partial charge in [-0.05, 0) is 0 Å². The van der Waals surface area contributed by atoms with Gasteiger partial charge in [-0.1, -0.05) is 0 Å². The summed E-state index contributed by atoms with van der Waals surface area (Å²) >= 11 is 0. The quantitative estimate of drug-likeness (QED) is 0.354. The van der Waals surface area contributed by atoms with Crippen LogP contribution in [0.25, 0.3) is 0 Å². The molecule has 0 aromatic carbocycles. The van der Waals surface area contributed by atoms with Gasteiger partial charge in [-0.2, -0.15) is 0 Å². The molecular formula is CaFeO4Si. The Morgan fingerprint density at radius 1 is 0.857 bits per heavy atom. The zero-order valence-corrected chi connectivity index (χ0v) is 7.51. The van der Waals surface area contributed by atoms with Crippen LogP contribution >= 0.6 is 0 Å². The van der Waals surface area contributed by atoms with Crippen LogP contribution in [0.1, 0.15) is 0 Å². The van der Waals surface area contributed by atoms with Crippen LogP contribution in [0.5, 0.6) is 0 Å². The number of hydrogen-bond acceptors (Lipinski definition) is 4. The molecule has 0 aromatic heterocycles. The van der Waals surface area contributed by atoms with Crippen LogP contribution < -0.4 is 19.2 Å². The summed E-state index contributed by atoms with van der Waals surface area (Å²) in [4.78, 5) is 34.3. The number of hydrogen-bond donors (Lipinski definition) is 0. The van der Waals surface area contributed by atoms with E-state index < -0.39 is 9.05 Å². The van der Waals surface area contributed by atoms with Gasteiger partial charge in [-0.25, -0.2) is 0 Å². The summed E-state index contributed by atoms with van der Waals surface area (Å²) in [5.41, 5.74) is 0. The van der Waals surface area contributed by atoms with Crippen molar-refractivity contribution in [2.45, 2.75) is 0 Å². The summed E-state index contributed by atoms with van der Waals surface area (Å²) in [6, 6.07) is 0. The van der Waals surface area contributed by atoms with Crippen molar-refractivity contribution >= 4 is 46.8 Å². The SMILES string of the molecule is [Ca+].[Fe+3].[O-][Si]([O-])([O-])[O-]. The maximum absolute atomic E-state index is 8.58. The van der Waals surface area contributed by atoms with Crippen molar-refractivity contribution in [2.24, 2.45) is 0 Å². The molecule has 0 aliphatic rings. The van der Waals surface area contributed by atoms with Gasteiger partial charge in [0.05, 0.1) is 0 Å². The fraction of sp³-hybridized carbons (Fsp3) is 0. The summed E-state index contributed by atoms with van der Waals surface area (Å²) in [5.74, 6) is 0. The van der Waals surface area contributed by atoms with Crippen molar-refractivity contribution in [3.63, 3.8) is 0 Å². The summed E-state index contributed by atoms with van der Waals surface area (Å²) in [7, 11) is -5.61. The Bertz CT molecular complexity index is 27.2. The van der Waals surface area contributed by atoms with E-state index >= 15 is 0 Å². The molecule has 0 saturated heterocycles. The van der Waals surface area contributed by atoms with Crippen molar-refractivity contribution < 1.29 is 36.3 Å². The molecule has 0 amide bonds. The van der Waals surface area contributed by atoms with Crippen molar-refractivity contribution in [3.05, 3.63) is 0 Å². The molecule has 2 radical (unpaired) electrons. The second-order valence-corrected chi connectivity index (χ2v) is 1.50. The predicted molar refractivity (Wildman–Crippen MR) is 11.5 cm³/mol. The Balaban J connectivity index is -0.0000000800. The van der Waals surface area contributed by atoms with E-state index in [-0.39, 0.29) is 54.8 Å². The Morgan fingerprint density at radius 3 is 0.857 bits per heavy atom. The molecule has 0 spiro atoms. The van der Waals surface area contributed by atoms with Crippen LogP contribution in [0, 0.1) is 0 Å². The molecule has 0 N–H and O–H groups in total. The van der Waals surface area contributed by atoms with Gasteiger partial charge in [-0.15, -0.1) is 0 Å². The van der Waals surface area contributed by atoms with Gasteiger partial charge >= 0.3 is 54.8 Å². The van der Waals surface area contributed by atoms with Crippen LogP contribution in [0.4, 0.5) is 0 Å². The molecule has 0 aliphatic carbocycles. The van der Waals surface area contributed by atoms with Gasteiger partial charge in [0, 0.05) is 0 Å². The maximum Gasteiger partial charge on any atom is 3.00 e. The van der Waals surface area contributed by atoms with Gasteiger partial charge < -0.3 is 28.2 Å². The van der Waals surface area contributed by atoms with E-state index in [9.17, 15) is 0 Å². The molecule has 7 heteroatoms. The molecule has 0 aliphatic heterocycles. The summed E-state index contributed by atoms with van der Waals surface area (Å²) in [6.45, 7) is 0. The fourth-order valence-corrected chi connectivity index (χ4v) is 0. The van der Waals surface area contributed by atoms with Crippen LogP contribution in [-0.2, 0) is 17.1 Å². The van der Waals surface area contributed by atoms with Crippen LogP contribution in [0.3, 0.4) is 0 Å². The first-order valence-corrected chi connectivity index (χ1v) is 2.45. The third kappa shape index (κ3) is 79.2. The number of rotatable bonds is 0. The van der Waals surface area contributed by atoms with E-state index in [0.29, 0.717) is 0 Å². The molecule has 0 fully saturated rings. The first-order valence-electron chi connectivity index (χ1n) is 0.816. The minimum atomic E-state index is -5.61. The second kappa shape index (κ2) is 5.96. The van der Waals surface area contributed by atoms with E-state index in [0.717, 1.165) is 0 Å². The van der Waals surface area contributed by atoms with Crippen molar-refractivity contribution in [3.8, 4) is 0 Å². The average molecular weight is 188 g/mol. The summed E-state index contributed by atoms with van der Waals surface area (Å²) in [6.07, 6.45) is 0. The zero-order valence-electron chi connectivity index (χ0n) is 3.19. The van der Waals surface area contributed by atoms with E-state index in [4.69, 9.17) is 19.2 Å². The molecule has 4 nitrogen and oxygen atoms in total. The Hall–Kier alpha value is 1.84. The van der Waals surface area contributed by atoms with Gasteiger partial charge in [0.2, 0.25) is 0 Å². The van der Waals surface area contributed by atoms with E-state index in [1.165, 1.54) is 0 Å². The predicted octanol–water partition coefficient (Wildman–Crippen LogP) is -5.52. The second-order valence-electron chi connectivity index (χ2n) is 0.500. The standard InChI is InChI=1S/Ca.Fe.O4Si/c;;1-5(2,3)4/q+1;+3;-4. The zero-order chi connectivity index (χ0) is 4.50. The molecule has 0 saturated carbocycles. The van der Waals surface area contributed by atoms with E-state index in [1.54, 1.807) is 0 Å². The third-order valence-electron chi connectivity index (χ3n) is 0. The maximum atomic E-state index is 8.58.